The Hall–Kier alpha value is -0.690. The van der Waals surface area contributed by atoms with Gasteiger partial charge in [0.15, 0.2) is 10.3 Å². The van der Waals surface area contributed by atoms with Gasteiger partial charge in [0.25, 0.3) is 5.91 Å². The number of halogens is 3. The van der Waals surface area contributed by atoms with E-state index < -0.39 is 0 Å². The number of carbonyl (C=O) groups is 1. The average molecular weight is 367 g/mol. The van der Waals surface area contributed by atoms with Crippen molar-refractivity contribution in [1.29, 1.82) is 0 Å². The zero-order chi connectivity index (χ0) is 13.3. The van der Waals surface area contributed by atoms with E-state index in [2.05, 4.69) is 31.2 Å². The van der Waals surface area contributed by atoms with Crippen LogP contribution in [0.4, 0.5) is 5.69 Å². The second-order valence-electron chi connectivity index (χ2n) is 3.35. The molecule has 0 aliphatic carbocycles. The lowest BCUT2D eigenvalue weighted by Crippen LogP contribution is -2.11. The summed E-state index contributed by atoms with van der Waals surface area (Å²) in [5, 5.41) is 2.81. The fourth-order valence-electron chi connectivity index (χ4n) is 1.19. The molecule has 0 atom stereocenters. The molecule has 0 aliphatic heterocycles. The second-order valence-corrected chi connectivity index (χ2v) is 6.44. The third kappa shape index (κ3) is 2.83. The van der Waals surface area contributed by atoms with E-state index in [9.17, 15) is 4.79 Å². The van der Waals surface area contributed by atoms with Crippen LogP contribution in [0.2, 0.25) is 10.3 Å². The molecule has 18 heavy (non-hydrogen) atoms. The molecule has 0 radical (unpaired) electrons. The predicted molar refractivity (Wildman–Crippen MR) is 76.8 cm³/mol. The maximum Gasteiger partial charge on any atom is 0.265 e. The zero-order valence-corrected chi connectivity index (χ0v) is 12.9. The van der Waals surface area contributed by atoms with E-state index in [1.54, 1.807) is 6.07 Å². The SMILES string of the molecule is Cc1cc(C(=O)Nc2c(Cl)ncnc2Cl)sc1Br. The normalized spacial score (nSPS) is 10.4. The summed E-state index contributed by atoms with van der Waals surface area (Å²) in [5.41, 5.74) is 1.21. The van der Waals surface area contributed by atoms with Gasteiger partial charge in [-0.25, -0.2) is 9.97 Å². The number of hydrogen-bond acceptors (Lipinski definition) is 4. The Kier molecular flexibility index (Phi) is 4.21. The molecule has 0 unspecified atom stereocenters. The van der Waals surface area contributed by atoms with Crippen molar-refractivity contribution in [3.8, 4) is 0 Å². The number of thiophene rings is 1. The molecule has 2 heterocycles. The van der Waals surface area contributed by atoms with Crippen molar-refractivity contribution in [1.82, 2.24) is 9.97 Å². The molecule has 2 rings (SSSR count). The van der Waals surface area contributed by atoms with Crippen LogP contribution in [0.3, 0.4) is 0 Å². The van der Waals surface area contributed by atoms with Gasteiger partial charge in [-0.3, -0.25) is 4.79 Å². The van der Waals surface area contributed by atoms with Crippen LogP contribution < -0.4 is 5.32 Å². The average Bonchev–Trinajstić information content (AvgIpc) is 2.64. The minimum absolute atomic E-state index is 0.107. The minimum atomic E-state index is -0.299. The van der Waals surface area contributed by atoms with Crippen molar-refractivity contribution in [3.05, 3.63) is 36.9 Å². The fourth-order valence-corrected chi connectivity index (χ4v) is 3.03. The molecule has 94 valence electrons. The molecule has 0 spiro atoms. The lowest BCUT2D eigenvalue weighted by atomic mass is 10.3. The lowest BCUT2D eigenvalue weighted by Gasteiger charge is -2.05. The number of aromatic nitrogens is 2. The van der Waals surface area contributed by atoms with Gasteiger partial charge in [0, 0.05) is 0 Å². The van der Waals surface area contributed by atoms with Crippen LogP contribution in [-0.4, -0.2) is 15.9 Å². The number of anilines is 1. The van der Waals surface area contributed by atoms with Crippen LogP contribution in [0.15, 0.2) is 16.2 Å². The monoisotopic (exact) mass is 365 g/mol. The van der Waals surface area contributed by atoms with E-state index >= 15 is 0 Å². The summed E-state index contributed by atoms with van der Waals surface area (Å²) in [6, 6.07) is 1.77. The molecule has 4 nitrogen and oxygen atoms in total. The molecule has 0 aliphatic rings. The van der Waals surface area contributed by atoms with Gasteiger partial charge < -0.3 is 5.32 Å². The third-order valence-corrected chi connectivity index (χ3v) is 4.78. The first kappa shape index (κ1) is 13.7. The number of nitrogens with zero attached hydrogens (tertiary/aromatic N) is 2. The highest BCUT2D eigenvalue weighted by molar-refractivity contribution is 9.11. The molecule has 0 aromatic carbocycles. The van der Waals surface area contributed by atoms with E-state index in [0.29, 0.717) is 4.88 Å². The van der Waals surface area contributed by atoms with E-state index in [1.165, 1.54) is 17.7 Å². The topological polar surface area (TPSA) is 54.9 Å². The Bertz CT molecular complexity index is 577. The molecular weight excluding hydrogens is 361 g/mol. The van der Waals surface area contributed by atoms with Gasteiger partial charge in [-0.1, -0.05) is 23.2 Å². The summed E-state index contributed by atoms with van der Waals surface area (Å²) in [6.07, 6.45) is 1.23. The van der Waals surface area contributed by atoms with E-state index in [1.807, 2.05) is 6.92 Å². The molecular formula is C10H6BrCl2N3OS. The number of nitrogens with one attached hydrogen (secondary N) is 1. The highest BCUT2D eigenvalue weighted by Crippen LogP contribution is 2.30. The van der Waals surface area contributed by atoms with Gasteiger partial charge in [0.2, 0.25) is 0 Å². The van der Waals surface area contributed by atoms with Crippen molar-refractivity contribution in [2.24, 2.45) is 0 Å². The summed E-state index contributed by atoms with van der Waals surface area (Å²) in [6.45, 7) is 1.91. The van der Waals surface area contributed by atoms with Gasteiger partial charge in [-0.15, -0.1) is 11.3 Å². The number of carbonyl (C=O) groups excluding carboxylic acids is 1. The Balaban J connectivity index is 2.27. The number of hydrogen-bond donors (Lipinski definition) is 1. The summed E-state index contributed by atoms with van der Waals surface area (Å²) < 4.78 is 0.911. The van der Waals surface area contributed by atoms with E-state index in [0.717, 1.165) is 9.35 Å². The number of amides is 1. The molecule has 0 bridgehead atoms. The number of rotatable bonds is 2. The van der Waals surface area contributed by atoms with Crippen LogP contribution in [0.25, 0.3) is 0 Å². The lowest BCUT2D eigenvalue weighted by molar-refractivity contribution is 0.103. The maximum atomic E-state index is 12.0. The van der Waals surface area contributed by atoms with Crippen LogP contribution in [-0.2, 0) is 0 Å². The minimum Gasteiger partial charge on any atom is -0.316 e. The maximum absolute atomic E-state index is 12.0. The molecule has 8 heteroatoms. The van der Waals surface area contributed by atoms with Crippen molar-refractivity contribution in [3.63, 3.8) is 0 Å². The third-order valence-electron chi connectivity index (χ3n) is 2.07. The van der Waals surface area contributed by atoms with Crippen LogP contribution in [0, 0.1) is 6.92 Å². The quantitative estimate of drug-likeness (QED) is 0.811. The first-order valence-electron chi connectivity index (χ1n) is 4.72. The second kappa shape index (κ2) is 5.52. The Labute approximate surface area is 125 Å². The molecule has 0 saturated carbocycles. The Morgan fingerprint density at radius 1 is 1.39 bits per heavy atom. The molecule has 0 saturated heterocycles. The summed E-state index contributed by atoms with van der Waals surface area (Å²) in [4.78, 5) is 20.1. The van der Waals surface area contributed by atoms with Gasteiger partial charge in [-0.2, -0.15) is 0 Å². The van der Waals surface area contributed by atoms with Crippen molar-refractivity contribution >= 4 is 62.1 Å². The van der Waals surface area contributed by atoms with Gasteiger partial charge >= 0.3 is 0 Å². The van der Waals surface area contributed by atoms with Gasteiger partial charge in [0.05, 0.1) is 8.66 Å². The summed E-state index contributed by atoms with van der Waals surface area (Å²) in [7, 11) is 0. The summed E-state index contributed by atoms with van der Waals surface area (Å²) in [5.74, 6) is -0.299. The van der Waals surface area contributed by atoms with Crippen molar-refractivity contribution in [2.45, 2.75) is 6.92 Å². The van der Waals surface area contributed by atoms with Gasteiger partial charge in [-0.05, 0) is 34.5 Å². The predicted octanol–water partition coefficient (Wildman–Crippen LogP) is 4.17. The first-order valence-corrected chi connectivity index (χ1v) is 7.09. The molecule has 1 amide bonds. The highest BCUT2D eigenvalue weighted by Gasteiger charge is 2.15. The largest absolute Gasteiger partial charge is 0.316 e. The van der Waals surface area contributed by atoms with E-state index in [4.69, 9.17) is 23.2 Å². The van der Waals surface area contributed by atoms with Crippen molar-refractivity contribution in [2.75, 3.05) is 5.32 Å². The Morgan fingerprint density at radius 2 is 2.00 bits per heavy atom. The van der Waals surface area contributed by atoms with E-state index in [-0.39, 0.29) is 21.9 Å². The molecule has 2 aromatic rings. The van der Waals surface area contributed by atoms with Crippen LogP contribution in [0.5, 0.6) is 0 Å². The molecule has 2 aromatic heterocycles. The standard InChI is InChI=1S/C10H6BrCl2N3OS/c1-4-2-5(18-7(4)11)10(17)16-6-8(12)14-3-15-9(6)13/h2-3H,1H3,(H,16,17). The van der Waals surface area contributed by atoms with Crippen LogP contribution in [0.1, 0.15) is 15.2 Å². The highest BCUT2D eigenvalue weighted by atomic mass is 79.9. The first-order chi connectivity index (χ1) is 8.49. The number of aryl methyl sites for hydroxylation is 1. The van der Waals surface area contributed by atoms with Crippen LogP contribution >= 0.6 is 50.5 Å². The van der Waals surface area contributed by atoms with Gasteiger partial charge in [0.1, 0.15) is 12.0 Å². The zero-order valence-electron chi connectivity index (χ0n) is 9.00. The molecule has 1 N–H and O–H groups in total. The summed E-state index contributed by atoms with van der Waals surface area (Å²) >= 11 is 16.4. The fraction of sp³-hybridized carbons (Fsp3) is 0.100. The van der Waals surface area contributed by atoms with Crippen molar-refractivity contribution < 1.29 is 4.79 Å². The smallest absolute Gasteiger partial charge is 0.265 e. The Morgan fingerprint density at radius 3 is 2.50 bits per heavy atom. The molecule has 0 fully saturated rings.